The number of hydrazine groups is 1. The SMILES string of the molecule is CC(C)(C)OC(=O)C[C@@H](CCCC1CCCCC1)c1nc(C(=O)NN)no1.CCOC(=O)c1noc([C@H](CCCC2CCCCC2)CC(=O)OC(C)(C)C)n1. The Kier molecular flexibility index (Phi) is 18.7. The molecular formula is C40H66N6O9. The van der Waals surface area contributed by atoms with E-state index >= 15 is 0 Å². The van der Waals surface area contributed by atoms with Crippen molar-refractivity contribution in [1.82, 2.24) is 25.7 Å². The number of esters is 3. The molecule has 3 N–H and O–H groups in total. The molecule has 2 aliphatic rings. The average Bonchev–Trinajstić information content (AvgIpc) is 3.82. The van der Waals surface area contributed by atoms with E-state index < -0.39 is 23.1 Å². The van der Waals surface area contributed by atoms with Crippen LogP contribution < -0.4 is 11.3 Å². The number of carbonyl (C=O) groups excluding carboxylic acids is 4. The van der Waals surface area contributed by atoms with Crippen LogP contribution in [-0.2, 0) is 23.8 Å². The van der Waals surface area contributed by atoms with Crippen LogP contribution in [0, 0.1) is 11.8 Å². The molecule has 1 amide bonds. The smallest absolute Gasteiger partial charge is 0.379 e. The number of amides is 1. The highest BCUT2D eigenvalue weighted by Gasteiger charge is 2.29. The van der Waals surface area contributed by atoms with Gasteiger partial charge in [0.1, 0.15) is 11.2 Å². The van der Waals surface area contributed by atoms with E-state index in [-0.39, 0.29) is 60.8 Å². The number of ether oxygens (including phenoxy) is 3. The third-order valence-electron chi connectivity index (χ3n) is 9.82. The molecule has 2 aromatic rings. The van der Waals surface area contributed by atoms with E-state index in [1.54, 1.807) is 6.92 Å². The van der Waals surface area contributed by atoms with Gasteiger partial charge in [0, 0.05) is 11.8 Å². The number of aromatic nitrogens is 4. The summed E-state index contributed by atoms with van der Waals surface area (Å²) in [7, 11) is 0. The van der Waals surface area contributed by atoms with Crippen LogP contribution in [-0.4, -0.2) is 61.9 Å². The summed E-state index contributed by atoms with van der Waals surface area (Å²) in [5.41, 5.74) is 0.877. The second kappa shape index (κ2) is 22.6. The van der Waals surface area contributed by atoms with Gasteiger partial charge in [-0.1, -0.05) is 95.0 Å². The molecule has 0 aliphatic heterocycles. The lowest BCUT2D eigenvalue weighted by Crippen LogP contribution is -2.30. The third-order valence-corrected chi connectivity index (χ3v) is 9.82. The number of rotatable bonds is 17. The molecule has 2 heterocycles. The summed E-state index contributed by atoms with van der Waals surface area (Å²) in [4.78, 5) is 56.3. The fourth-order valence-corrected chi connectivity index (χ4v) is 7.29. The quantitative estimate of drug-likeness (QED) is 0.0512. The van der Waals surface area contributed by atoms with E-state index in [0.29, 0.717) is 5.89 Å². The van der Waals surface area contributed by atoms with Crippen molar-refractivity contribution in [2.24, 2.45) is 17.7 Å². The van der Waals surface area contributed by atoms with Crippen molar-refractivity contribution in [3.05, 3.63) is 23.4 Å². The summed E-state index contributed by atoms with van der Waals surface area (Å²) in [5, 5.41) is 7.38. The molecule has 2 aliphatic carbocycles. The van der Waals surface area contributed by atoms with E-state index in [0.717, 1.165) is 50.4 Å². The summed E-state index contributed by atoms with van der Waals surface area (Å²) in [6.45, 7) is 13.0. The molecule has 15 nitrogen and oxygen atoms in total. The number of hydrogen-bond donors (Lipinski definition) is 2. The molecule has 0 bridgehead atoms. The fraction of sp³-hybridized carbons (Fsp3) is 0.800. The van der Waals surface area contributed by atoms with Crippen LogP contribution in [0.3, 0.4) is 0 Å². The van der Waals surface area contributed by atoms with Crippen molar-refractivity contribution in [2.45, 2.75) is 187 Å². The molecule has 0 aromatic carbocycles. The maximum Gasteiger partial charge on any atom is 0.379 e. The Labute approximate surface area is 326 Å². The molecule has 310 valence electrons. The first-order valence-electron chi connectivity index (χ1n) is 20.4. The van der Waals surface area contributed by atoms with Crippen molar-refractivity contribution in [1.29, 1.82) is 0 Å². The lowest BCUT2D eigenvalue weighted by molar-refractivity contribution is -0.156. The lowest BCUT2D eigenvalue weighted by Gasteiger charge is -2.23. The molecule has 55 heavy (non-hydrogen) atoms. The van der Waals surface area contributed by atoms with E-state index in [9.17, 15) is 19.2 Å². The van der Waals surface area contributed by atoms with E-state index in [1.165, 1.54) is 64.2 Å². The highest BCUT2D eigenvalue weighted by molar-refractivity contribution is 5.89. The van der Waals surface area contributed by atoms with Crippen LogP contribution in [0.2, 0.25) is 0 Å². The number of nitrogens with two attached hydrogens (primary N) is 1. The number of nitrogen functional groups attached to an aromatic ring is 1. The largest absolute Gasteiger partial charge is 0.460 e. The minimum atomic E-state index is -0.622. The molecule has 15 heteroatoms. The number of carbonyl (C=O) groups is 4. The van der Waals surface area contributed by atoms with Gasteiger partial charge in [-0.2, -0.15) is 9.97 Å². The molecule has 2 atom stereocenters. The van der Waals surface area contributed by atoms with Crippen molar-refractivity contribution < 1.29 is 42.4 Å². The van der Waals surface area contributed by atoms with Gasteiger partial charge in [-0.3, -0.25) is 19.8 Å². The molecule has 4 rings (SSSR count). The number of nitrogens with one attached hydrogen (secondary N) is 1. The summed E-state index contributed by atoms with van der Waals surface area (Å²) in [6.07, 6.45) is 19.1. The van der Waals surface area contributed by atoms with Crippen molar-refractivity contribution in [2.75, 3.05) is 6.61 Å². The monoisotopic (exact) mass is 774 g/mol. The number of nitrogens with zero attached hydrogens (tertiary/aromatic N) is 4. The lowest BCUT2D eigenvalue weighted by atomic mass is 9.84. The minimum absolute atomic E-state index is 0.0988. The predicted octanol–water partition coefficient (Wildman–Crippen LogP) is 8.05. The van der Waals surface area contributed by atoms with Crippen molar-refractivity contribution >= 4 is 23.8 Å². The summed E-state index contributed by atoms with van der Waals surface area (Å²) < 4.78 is 26.3. The maximum atomic E-state index is 12.3. The van der Waals surface area contributed by atoms with Gasteiger partial charge < -0.3 is 23.3 Å². The highest BCUT2D eigenvalue weighted by Crippen LogP contribution is 2.33. The Balaban J connectivity index is 0.000000296. The first-order chi connectivity index (χ1) is 26.1. The van der Waals surface area contributed by atoms with Gasteiger partial charge in [0.15, 0.2) is 0 Å². The van der Waals surface area contributed by atoms with Crippen LogP contribution in [0.4, 0.5) is 0 Å². The Morgan fingerprint density at radius 1 is 0.709 bits per heavy atom. The zero-order chi connectivity index (χ0) is 40.4. The maximum absolute atomic E-state index is 12.3. The van der Waals surface area contributed by atoms with Gasteiger partial charge in [-0.15, -0.1) is 0 Å². The van der Waals surface area contributed by atoms with Gasteiger partial charge in [-0.05, 0) is 78.3 Å². The zero-order valence-corrected chi connectivity index (χ0v) is 34.3. The van der Waals surface area contributed by atoms with Crippen LogP contribution in [0.1, 0.15) is 209 Å². The topological polar surface area (TPSA) is 212 Å². The molecule has 2 fully saturated rings. The van der Waals surface area contributed by atoms with Crippen LogP contribution in [0.5, 0.6) is 0 Å². The normalized spacial score (nSPS) is 16.7. The molecule has 0 spiro atoms. The summed E-state index contributed by atoms with van der Waals surface area (Å²) >= 11 is 0. The molecule has 0 radical (unpaired) electrons. The molecule has 0 saturated heterocycles. The van der Waals surface area contributed by atoms with Gasteiger partial charge >= 0.3 is 23.8 Å². The van der Waals surface area contributed by atoms with E-state index in [2.05, 4.69) is 20.3 Å². The van der Waals surface area contributed by atoms with Crippen LogP contribution in [0.25, 0.3) is 0 Å². The van der Waals surface area contributed by atoms with E-state index in [1.807, 2.05) is 47.0 Å². The van der Waals surface area contributed by atoms with Crippen molar-refractivity contribution in [3.63, 3.8) is 0 Å². The molecular weight excluding hydrogens is 708 g/mol. The second-order valence-corrected chi connectivity index (χ2v) is 17.0. The zero-order valence-electron chi connectivity index (χ0n) is 34.3. The van der Waals surface area contributed by atoms with Gasteiger partial charge in [0.2, 0.25) is 11.8 Å². The Morgan fingerprint density at radius 3 is 1.53 bits per heavy atom. The Hall–Kier alpha value is -3.88. The first-order valence-corrected chi connectivity index (χ1v) is 20.4. The van der Waals surface area contributed by atoms with Gasteiger partial charge in [0.25, 0.3) is 11.6 Å². The number of hydrogen-bond acceptors (Lipinski definition) is 14. The Bertz CT molecular complexity index is 1470. The summed E-state index contributed by atoms with van der Waals surface area (Å²) in [6, 6.07) is 0. The second-order valence-electron chi connectivity index (χ2n) is 17.0. The molecule has 2 aromatic heterocycles. The average molecular weight is 775 g/mol. The fourth-order valence-electron chi connectivity index (χ4n) is 7.29. The molecule has 2 saturated carbocycles. The van der Waals surface area contributed by atoms with Crippen molar-refractivity contribution in [3.8, 4) is 0 Å². The minimum Gasteiger partial charge on any atom is -0.460 e. The highest BCUT2D eigenvalue weighted by atomic mass is 16.6. The van der Waals surface area contributed by atoms with Gasteiger partial charge in [0.05, 0.1) is 19.4 Å². The first kappa shape index (κ1) is 45.5. The summed E-state index contributed by atoms with van der Waals surface area (Å²) in [5.74, 6) is 4.63. The van der Waals surface area contributed by atoms with E-state index in [4.69, 9.17) is 29.1 Å². The predicted molar refractivity (Wildman–Crippen MR) is 203 cm³/mol. The Morgan fingerprint density at radius 2 is 1.13 bits per heavy atom. The van der Waals surface area contributed by atoms with Crippen LogP contribution >= 0.6 is 0 Å². The van der Waals surface area contributed by atoms with Crippen LogP contribution in [0.15, 0.2) is 9.05 Å². The standard InChI is InChI=1S/C21H34N2O5.C19H32N4O4/c1-5-26-20(25)18-22-19(28-23-18)16(14-17(24)27-21(2,3)4)13-9-12-15-10-7-6-8-11-15;1-19(2,3)26-15(24)12-14(11-7-10-13-8-5-4-6-9-13)18-21-16(23-27-18)17(25)22-20/h15-16H,5-14H2,1-4H3;13-14H,4-12,20H2,1-3H3,(H,22,25)/t16-;14-/m11/s1. The molecule has 0 unspecified atom stereocenters. The third kappa shape index (κ3) is 17.6. The van der Waals surface area contributed by atoms with Gasteiger partial charge in [-0.25, -0.2) is 10.6 Å².